The van der Waals surface area contributed by atoms with E-state index in [1.165, 1.54) is 0 Å². The highest BCUT2D eigenvalue weighted by Gasteiger charge is 2.29. The molecule has 2 heterocycles. The number of hydrogen-bond acceptors (Lipinski definition) is 5. The molecule has 0 saturated heterocycles. The van der Waals surface area contributed by atoms with Gasteiger partial charge in [-0.2, -0.15) is 5.26 Å². The Morgan fingerprint density at radius 2 is 1.83 bits per heavy atom. The summed E-state index contributed by atoms with van der Waals surface area (Å²) in [6.07, 6.45) is 0. The Bertz CT molecular complexity index is 1300. The van der Waals surface area contributed by atoms with Gasteiger partial charge in [-0.15, -0.1) is 0 Å². The van der Waals surface area contributed by atoms with E-state index in [0.29, 0.717) is 23.9 Å². The molecule has 5 rings (SSSR count). The third-order valence-electron chi connectivity index (χ3n) is 5.20. The summed E-state index contributed by atoms with van der Waals surface area (Å²) < 4.78 is 7.75. The second kappa shape index (κ2) is 7.30. The van der Waals surface area contributed by atoms with Crippen molar-refractivity contribution < 1.29 is 4.74 Å². The van der Waals surface area contributed by atoms with Gasteiger partial charge in [-0.1, -0.05) is 54.6 Å². The highest BCUT2D eigenvalue weighted by Crippen LogP contribution is 2.37. The maximum atomic E-state index is 9.86. The smallest absolute Gasteiger partial charge is 0.210 e. The van der Waals surface area contributed by atoms with Crippen LogP contribution in [0.4, 0.5) is 5.95 Å². The first-order chi connectivity index (χ1) is 14.7. The molecule has 1 aromatic heterocycles. The van der Waals surface area contributed by atoms with Gasteiger partial charge in [0, 0.05) is 0 Å². The Hall–Kier alpha value is -4.24. The number of nitrogens with one attached hydrogen (secondary N) is 1. The minimum Gasteiger partial charge on any atom is -0.489 e. The van der Waals surface area contributed by atoms with E-state index >= 15 is 0 Å². The van der Waals surface area contributed by atoms with Crippen molar-refractivity contribution in [2.45, 2.75) is 12.6 Å². The zero-order chi connectivity index (χ0) is 20.5. The lowest BCUT2D eigenvalue weighted by Crippen LogP contribution is -2.26. The minimum atomic E-state index is -0.403. The van der Waals surface area contributed by atoms with Gasteiger partial charge in [0.15, 0.2) is 0 Å². The largest absolute Gasteiger partial charge is 0.489 e. The van der Waals surface area contributed by atoms with Crippen molar-refractivity contribution in [3.05, 3.63) is 95.6 Å². The van der Waals surface area contributed by atoms with Crippen LogP contribution in [0.5, 0.6) is 5.75 Å². The second-order valence-electron chi connectivity index (χ2n) is 7.09. The van der Waals surface area contributed by atoms with E-state index in [2.05, 4.69) is 16.4 Å². The van der Waals surface area contributed by atoms with Gasteiger partial charge >= 0.3 is 0 Å². The number of ether oxygens (including phenoxy) is 1. The topological polar surface area (TPSA) is 88.9 Å². The SMILES string of the molecule is N#CC1=C(N)n2c(nc3ccccc32)NC1c1cccc(OCc2ccccc2)c1. The zero-order valence-electron chi connectivity index (χ0n) is 16.1. The van der Waals surface area contributed by atoms with Gasteiger partial charge in [0.2, 0.25) is 5.95 Å². The van der Waals surface area contributed by atoms with Crippen molar-refractivity contribution >= 4 is 22.8 Å². The van der Waals surface area contributed by atoms with E-state index in [4.69, 9.17) is 10.5 Å². The highest BCUT2D eigenvalue weighted by molar-refractivity contribution is 5.85. The van der Waals surface area contributed by atoms with Crippen molar-refractivity contribution in [3.8, 4) is 11.8 Å². The minimum absolute atomic E-state index is 0.389. The van der Waals surface area contributed by atoms with Crippen LogP contribution in [0.1, 0.15) is 17.2 Å². The number of rotatable bonds is 4. The van der Waals surface area contributed by atoms with E-state index in [1.54, 1.807) is 4.57 Å². The predicted molar refractivity (Wildman–Crippen MR) is 116 cm³/mol. The number of nitrogens with zero attached hydrogens (tertiary/aromatic N) is 3. The van der Waals surface area contributed by atoms with E-state index in [9.17, 15) is 5.26 Å². The molecule has 1 aliphatic heterocycles. The molecule has 0 saturated carbocycles. The zero-order valence-corrected chi connectivity index (χ0v) is 16.1. The van der Waals surface area contributed by atoms with Gasteiger partial charge < -0.3 is 15.8 Å². The second-order valence-corrected chi connectivity index (χ2v) is 7.09. The number of hydrogen-bond donors (Lipinski definition) is 2. The molecule has 146 valence electrons. The lowest BCUT2D eigenvalue weighted by atomic mass is 9.98. The number of fused-ring (bicyclic) bond motifs is 3. The predicted octanol–water partition coefficient (Wildman–Crippen LogP) is 4.43. The molecule has 4 aromatic rings. The molecule has 0 bridgehead atoms. The Kier molecular flexibility index (Phi) is 4.34. The molecule has 3 N–H and O–H groups in total. The van der Waals surface area contributed by atoms with E-state index in [0.717, 1.165) is 27.9 Å². The van der Waals surface area contributed by atoms with Crippen molar-refractivity contribution in [1.82, 2.24) is 9.55 Å². The van der Waals surface area contributed by atoms with Gasteiger partial charge in [0.1, 0.15) is 24.2 Å². The van der Waals surface area contributed by atoms with Gasteiger partial charge in [0.25, 0.3) is 0 Å². The van der Waals surface area contributed by atoms with Crippen LogP contribution in [0.2, 0.25) is 0 Å². The van der Waals surface area contributed by atoms with Crippen LogP contribution in [-0.4, -0.2) is 9.55 Å². The highest BCUT2D eigenvalue weighted by atomic mass is 16.5. The van der Waals surface area contributed by atoms with Crippen molar-refractivity contribution in [1.29, 1.82) is 5.26 Å². The summed E-state index contributed by atoms with van der Waals surface area (Å²) in [5, 5.41) is 13.2. The number of aromatic nitrogens is 2. The van der Waals surface area contributed by atoms with Crippen LogP contribution >= 0.6 is 0 Å². The normalized spacial score (nSPS) is 15.4. The Morgan fingerprint density at radius 3 is 2.67 bits per heavy atom. The molecule has 3 aromatic carbocycles. The quantitative estimate of drug-likeness (QED) is 0.535. The van der Waals surface area contributed by atoms with Crippen LogP contribution in [0.3, 0.4) is 0 Å². The molecule has 0 fully saturated rings. The number of nitrogens with two attached hydrogens (primary N) is 1. The number of nitriles is 1. The third-order valence-corrected chi connectivity index (χ3v) is 5.20. The molecule has 6 heteroatoms. The summed E-state index contributed by atoms with van der Waals surface area (Å²) in [6, 6.07) is 27.3. The Labute approximate surface area is 173 Å². The van der Waals surface area contributed by atoms with Gasteiger partial charge in [-0.05, 0) is 35.4 Å². The van der Waals surface area contributed by atoms with Crippen molar-refractivity contribution in [2.75, 3.05) is 5.32 Å². The number of anilines is 1. The average Bonchev–Trinajstić information content (AvgIpc) is 3.17. The molecule has 0 aliphatic carbocycles. The Morgan fingerprint density at radius 1 is 1.03 bits per heavy atom. The molecular formula is C24H19N5O. The number of benzene rings is 3. The fourth-order valence-electron chi connectivity index (χ4n) is 3.73. The standard InChI is InChI=1S/C24H19N5O/c25-14-19-22(28-24-27-20-11-4-5-12-21(20)29(24)23(19)26)17-9-6-10-18(13-17)30-15-16-7-2-1-3-8-16/h1-13,22H,15,26H2,(H,27,28). The van der Waals surface area contributed by atoms with E-state index in [-0.39, 0.29) is 0 Å². The van der Waals surface area contributed by atoms with Crippen LogP contribution in [0.15, 0.2) is 84.4 Å². The first kappa shape index (κ1) is 17.8. The summed E-state index contributed by atoms with van der Waals surface area (Å²) >= 11 is 0. The molecule has 0 spiro atoms. The fraction of sp³-hybridized carbons (Fsp3) is 0.0833. The van der Waals surface area contributed by atoms with Crippen molar-refractivity contribution in [2.24, 2.45) is 5.73 Å². The summed E-state index contributed by atoms with van der Waals surface area (Å²) in [4.78, 5) is 4.64. The van der Waals surface area contributed by atoms with Gasteiger partial charge in [0.05, 0.1) is 22.6 Å². The summed E-state index contributed by atoms with van der Waals surface area (Å²) in [7, 11) is 0. The molecule has 1 atom stereocenters. The molecule has 0 radical (unpaired) electrons. The van der Waals surface area contributed by atoms with E-state index in [1.807, 2.05) is 78.9 Å². The number of imidazole rings is 1. The first-order valence-electron chi connectivity index (χ1n) is 9.65. The lowest BCUT2D eigenvalue weighted by Gasteiger charge is -2.27. The molecular weight excluding hydrogens is 374 g/mol. The molecule has 6 nitrogen and oxygen atoms in total. The summed E-state index contributed by atoms with van der Waals surface area (Å²) in [5.74, 6) is 1.74. The molecule has 1 aliphatic rings. The lowest BCUT2D eigenvalue weighted by molar-refractivity contribution is 0.306. The Balaban J connectivity index is 1.49. The maximum Gasteiger partial charge on any atom is 0.210 e. The van der Waals surface area contributed by atoms with Crippen LogP contribution < -0.4 is 15.8 Å². The molecule has 0 amide bonds. The van der Waals surface area contributed by atoms with E-state index < -0.39 is 6.04 Å². The maximum absolute atomic E-state index is 9.86. The molecule has 1 unspecified atom stereocenters. The monoisotopic (exact) mass is 393 g/mol. The average molecular weight is 393 g/mol. The van der Waals surface area contributed by atoms with Gasteiger partial charge in [-0.25, -0.2) is 4.98 Å². The summed E-state index contributed by atoms with van der Waals surface area (Å²) in [5.41, 5.74) is 10.5. The van der Waals surface area contributed by atoms with Crippen LogP contribution in [-0.2, 0) is 6.61 Å². The molecule has 30 heavy (non-hydrogen) atoms. The number of para-hydroxylation sites is 2. The van der Waals surface area contributed by atoms with Crippen LogP contribution in [0, 0.1) is 11.3 Å². The van der Waals surface area contributed by atoms with Crippen molar-refractivity contribution in [3.63, 3.8) is 0 Å². The van der Waals surface area contributed by atoms with Gasteiger partial charge in [-0.3, -0.25) is 4.57 Å². The third kappa shape index (κ3) is 3.03. The fourth-order valence-corrected chi connectivity index (χ4v) is 3.73. The summed E-state index contributed by atoms with van der Waals surface area (Å²) in [6.45, 7) is 0.473. The van der Waals surface area contributed by atoms with Crippen LogP contribution in [0.25, 0.3) is 16.9 Å². The first-order valence-corrected chi connectivity index (χ1v) is 9.65.